The molecule has 1 aromatic carbocycles. The molecule has 0 bridgehead atoms. The molecule has 26 heavy (non-hydrogen) atoms. The quantitative estimate of drug-likeness (QED) is 0.766. The first-order valence-electron chi connectivity index (χ1n) is 8.63. The van der Waals surface area contributed by atoms with E-state index in [1.54, 1.807) is 6.92 Å². The van der Waals surface area contributed by atoms with E-state index in [0.29, 0.717) is 13.1 Å². The van der Waals surface area contributed by atoms with Crippen LogP contribution in [0, 0.1) is 0 Å². The number of nitrogens with zero attached hydrogens (tertiary/aromatic N) is 5. The van der Waals surface area contributed by atoms with Gasteiger partial charge in [-0.15, -0.1) is 10.2 Å². The smallest absolute Gasteiger partial charge is 0.219 e. The van der Waals surface area contributed by atoms with E-state index in [9.17, 15) is 4.79 Å². The highest BCUT2D eigenvalue weighted by molar-refractivity contribution is 7.18. The summed E-state index contributed by atoms with van der Waals surface area (Å²) in [6, 6.07) is 12.1. The third-order valence-corrected chi connectivity index (χ3v) is 5.31. The second kappa shape index (κ2) is 7.25. The van der Waals surface area contributed by atoms with Crippen molar-refractivity contribution in [3.63, 3.8) is 0 Å². The van der Waals surface area contributed by atoms with Crippen LogP contribution in [-0.4, -0.2) is 37.3 Å². The Morgan fingerprint density at radius 3 is 2.88 bits per heavy atom. The van der Waals surface area contributed by atoms with Crippen molar-refractivity contribution in [2.45, 2.75) is 33.0 Å². The predicted molar refractivity (Wildman–Crippen MR) is 101 cm³/mol. The molecule has 134 valence electrons. The normalized spacial score (nSPS) is 14.0. The van der Waals surface area contributed by atoms with Crippen LogP contribution in [0.3, 0.4) is 0 Å². The molecule has 1 aliphatic rings. The van der Waals surface area contributed by atoms with Crippen LogP contribution in [0.1, 0.15) is 24.7 Å². The minimum atomic E-state index is 0.113. The van der Waals surface area contributed by atoms with E-state index in [4.69, 9.17) is 0 Å². The molecule has 0 fully saturated rings. The Labute approximate surface area is 155 Å². The number of anilines is 1. The maximum atomic E-state index is 11.7. The van der Waals surface area contributed by atoms with Gasteiger partial charge in [0, 0.05) is 25.6 Å². The lowest BCUT2D eigenvalue weighted by molar-refractivity contribution is -0.129. The topological polar surface area (TPSA) is 75.9 Å². The van der Waals surface area contributed by atoms with Crippen LogP contribution in [0.15, 0.2) is 36.4 Å². The minimum Gasteiger partial charge on any atom is -0.354 e. The first kappa shape index (κ1) is 16.7. The van der Waals surface area contributed by atoms with Crippen LogP contribution in [0.4, 0.5) is 5.13 Å². The highest BCUT2D eigenvalue weighted by Gasteiger charge is 2.18. The van der Waals surface area contributed by atoms with Crippen molar-refractivity contribution >= 4 is 22.4 Å². The summed E-state index contributed by atoms with van der Waals surface area (Å²) < 4.78 is 2.01. The maximum Gasteiger partial charge on any atom is 0.219 e. The zero-order chi connectivity index (χ0) is 17.9. The molecule has 0 unspecified atom stereocenters. The molecule has 0 saturated carbocycles. The number of nitrogens with one attached hydrogen (secondary N) is 1. The summed E-state index contributed by atoms with van der Waals surface area (Å²) in [6.07, 6.45) is 0.929. The molecule has 0 atom stereocenters. The van der Waals surface area contributed by atoms with Gasteiger partial charge in [-0.1, -0.05) is 41.7 Å². The lowest BCUT2D eigenvalue weighted by Gasteiger charge is -2.17. The zero-order valence-electron chi connectivity index (χ0n) is 14.6. The van der Waals surface area contributed by atoms with Crippen molar-refractivity contribution in [1.29, 1.82) is 0 Å². The van der Waals surface area contributed by atoms with Gasteiger partial charge in [0.2, 0.25) is 11.0 Å². The molecule has 3 aromatic rings. The molecule has 8 heteroatoms. The molecule has 2 aromatic heterocycles. The van der Waals surface area contributed by atoms with Crippen molar-refractivity contribution in [3.05, 3.63) is 47.8 Å². The molecular formula is C18H20N6OS. The molecule has 1 aliphatic heterocycles. The number of amides is 1. The number of hydrogen-bond acceptors (Lipinski definition) is 6. The summed E-state index contributed by atoms with van der Waals surface area (Å²) in [6.45, 7) is 4.46. The van der Waals surface area contributed by atoms with Crippen LogP contribution in [0.25, 0.3) is 10.6 Å². The maximum absolute atomic E-state index is 11.7. The van der Waals surface area contributed by atoms with Gasteiger partial charge in [0.1, 0.15) is 5.01 Å². The summed E-state index contributed by atoms with van der Waals surface area (Å²) in [5, 5.41) is 18.1. The number of rotatable bonds is 4. The number of aromatic nitrogens is 4. The van der Waals surface area contributed by atoms with Gasteiger partial charge in [-0.3, -0.25) is 9.48 Å². The summed E-state index contributed by atoms with van der Waals surface area (Å²) in [5.74, 6) is 0.113. The Kier molecular flexibility index (Phi) is 4.66. The molecule has 3 heterocycles. The fourth-order valence-corrected chi connectivity index (χ4v) is 3.78. The summed E-state index contributed by atoms with van der Waals surface area (Å²) in [4.78, 5) is 13.5. The molecular weight excluding hydrogens is 348 g/mol. The first-order chi connectivity index (χ1) is 12.7. The van der Waals surface area contributed by atoms with Crippen molar-refractivity contribution in [1.82, 2.24) is 24.9 Å². The van der Waals surface area contributed by atoms with E-state index >= 15 is 0 Å². The van der Waals surface area contributed by atoms with Gasteiger partial charge < -0.3 is 10.2 Å². The number of hydrogen-bond donors (Lipinski definition) is 1. The molecule has 0 aliphatic carbocycles. The van der Waals surface area contributed by atoms with Crippen LogP contribution in [0.2, 0.25) is 0 Å². The summed E-state index contributed by atoms with van der Waals surface area (Å²) >= 11 is 1.53. The van der Waals surface area contributed by atoms with Gasteiger partial charge in [-0.05, 0) is 12.5 Å². The van der Waals surface area contributed by atoms with Gasteiger partial charge in [-0.25, -0.2) is 0 Å². The lowest BCUT2D eigenvalue weighted by atomic mass is 10.2. The predicted octanol–water partition coefficient (Wildman–Crippen LogP) is 2.77. The first-order valence-corrected chi connectivity index (χ1v) is 9.44. The van der Waals surface area contributed by atoms with E-state index in [2.05, 4.69) is 26.7 Å². The number of fused-ring (bicyclic) bond motifs is 1. The van der Waals surface area contributed by atoms with Crippen molar-refractivity contribution in [3.8, 4) is 10.6 Å². The van der Waals surface area contributed by atoms with Gasteiger partial charge in [-0.2, -0.15) is 5.10 Å². The van der Waals surface area contributed by atoms with E-state index in [0.717, 1.165) is 46.6 Å². The average Bonchev–Trinajstić information content (AvgIpc) is 3.22. The largest absolute Gasteiger partial charge is 0.354 e. The van der Waals surface area contributed by atoms with Crippen molar-refractivity contribution in [2.24, 2.45) is 0 Å². The van der Waals surface area contributed by atoms with Gasteiger partial charge >= 0.3 is 0 Å². The number of carbonyl (C=O) groups is 1. The highest BCUT2D eigenvalue weighted by Crippen LogP contribution is 2.26. The SMILES string of the molecule is CC(=O)N1CCCn2nc(CNc3nnc(-c4ccccc4)s3)cc2C1. The van der Waals surface area contributed by atoms with Gasteiger partial charge in [0.15, 0.2) is 0 Å². The molecule has 4 rings (SSSR count). The molecule has 1 N–H and O–H groups in total. The number of carbonyl (C=O) groups excluding carboxylic acids is 1. The van der Waals surface area contributed by atoms with Crippen molar-refractivity contribution < 1.29 is 4.79 Å². The third-order valence-electron chi connectivity index (χ3n) is 4.38. The Morgan fingerprint density at radius 1 is 1.23 bits per heavy atom. The molecule has 1 amide bonds. The Balaban J connectivity index is 1.42. The molecule has 0 spiro atoms. The van der Waals surface area contributed by atoms with E-state index in [1.807, 2.05) is 39.9 Å². The second-order valence-electron chi connectivity index (χ2n) is 6.28. The monoisotopic (exact) mass is 368 g/mol. The minimum absolute atomic E-state index is 0.113. The standard InChI is InChI=1S/C18H20N6OS/c1-13(25)23-8-5-9-24-16(12-23)10-15(22-24)11-19-18-21-20-17(26-18)14-6-3-2-4-7-14/h2-4,6-7,10H,5,8-9,11-12H2,1H3,(H,19,21). The van der Waals surface area contributed by atoms with Crippen LogP contribution < -0.4 is 5.32 Å². The number of aryl methyl sites for hydroxylation is 1. The van der Waals surface area contributed by atoms with Crippen LogP contribution in [0.5, 0.6) is 0 Å². The fraction of sp³-hybridized carbons (Fsp3) is 0.333. The van der Waals surface area contributed by atoms with E-state index in [1.165, 1.54) is 11.3 Å². The van der Waals surface area contributed by atoms with Gasteiger partial charge in [0.05, 0.1) is 24.5 Å². The molecule has 0 radical (unpaired) electrons. The van der Waals surface area contributed by atoms with E-state index in [-0.39, 0.29) is 5.91 Å². The third kappa shape index (κ3) is 3.60. The lowest BCUT2D eigenvalue weighted by Crippen LogP contribution is -2.28. The Hall–Kier alpha value is -2.74. The second-order valence-corrected chi connectivity index (χ2v) is 7.25. The summed E-state index contributed by atoms with van der Waals surface area (Å²) in [5.41, 5.74) is 3.09. The Bertz CT molecular complexity index is 904. The molecule has 7 nitrogen and oxygen atoms in total. The fourth-order valence-electron chi connectivity index (χ4n) is 3.04. The Morgan fingerprint density at radius 2 is 2.08 bits per heavy atom. The van der Waals surface area contributed by atoms with Crippen molar-refractivity contribution in [2.75, 3.05) is 11.9 Å². The van der Waals surface area contributed by atoms with E-state index < -0.39 is 0 Å². The van der Waals surface area contributed by atoms with Crippen LogP contribution in [-0.2, 0) is 24.4 Å². The van der Waals surface area contributed by atoms with Gasteiger partial charge in [0.25, 0.3) is 0 Å². The highest BCUT2D eigenvalue weighted by atomic mass is 32.1. The zero-order valence-corrected chi connectivity index (χ0v) is 15.4. The average molecular weight is 368 g/mol. The van der Waals surface area contributed by atoms with Crippen LogP contribution >= 0.6 is 11.3 Å². The molecule has 0 saturated heterocycles. The number of benzene rings is 1. The summed E-state index contributed by atoms with van der Waals surface area (Å²) in [7, 11) is 0.